The number of hydrogen-bond donors (Lipinski definition) is 0. The van der Waals surface area contributed by atoms with Crippen LogP contribution in [0.3, 0.4) is 0 Å². The second kappa shape index (κ2) is 12.6. The second-order valence-electron chi connectivity index (χ2n) is 13.4. The highest BCUT2D eigenvalue weighted by molar-refractivity contribution is 7.30. The minimum atomic E-state index is 1.12. The number of anilines is 3. The van der Waals surface area contributed by atoms with Crippen LogP contribution < -0.4 is 4.90 Å². The molecular weight excluding hydrogens is 667 g/mol. The van der Waals surface area contributed by atoms with E-state index < -0.39 is 0 Å². The number of thiophene rings is 2. The molecule has 0 saturated carbocycles. The number of rotatable bonds is 6. The molecule has 10 rings (SSSR count). The molecule has 0 amide bonds. The molecule has 2 heterocycles. The highest BCUT2D eigenvalue weighted by Crippen LogP contribution is 2.47. The van der Waals surface area contributed by atoms with Gasteiger partial charge in [0.15, 0.2) is 0 Å². The fourth-order valence-corrected chi connectivity index (χ4v) is 10.2. The number of fused-ring (bicyclic) bond motifs is 7. The fraction of sp³-hybridized carbons (Fsp3) is 0.0204. The lowest BCUT2D eigenvalue weighted by Crippen LogP contribution is -2.10. The fourth-order valence-electron chi connectivity index (χ4n) is 7.67. The predicted octanol–water partition coefficient (Wildman–Crippen LogP) is 15.2. The van der Waals surface area contributed by atoms with Gasteiger partial charge in [-0.05, 0) is 94.4 Å². The average molecular weight is 700 g/mol. The molecule has 0 aliphatic heterocycles. The Morgan fingerprint density at radius 2 is 0.981 bits per heavy atom. The zero-order valence-corrected chi connectivity index (χ0v) is 30.2. The van der Waals surface area contributed by atoms with Gasteiger partial charge in [-0.15, -0.1) is 22.7 Å². The number of benzene rings is 8. The molecule has 0 spiro atoms. The quantitative estimate of drug-likeness (QED) is 0.167. The third-order valence-electron chi connectivity index (χ3n) is 10.2. The van der Waals surface area contributed by atoms with Crippen LogP contribution in [0.5, 0.6) is 0 Å². The van der Waals surface area contributed by atoms with E-state index in [-0.39, 0.29) is 0 Å². The standard InChI is InChI=1S/C49H33NS2/c1-32-11-5-6-16-40(32)36-14-9-15-39(31-36)50(37-25-21-34(22-26-37)33-12-3-2-4-13-33)38-27-23-35(24-28-38)41-18-10-19-44-47-46(52-48(41)44)30-29-43-42-17-7-8-20-45(42)51-49(43)47/h2-31H,1H3. The lowest BCUT2D eigenvalue weighted by atomic mass is 9.99. The van der Waals surface area contributed by atoms with Crippen LogP contribution in [-0.4, -0.2) is 0 Å². The minimum Gasteiger partial charge on any atom is -0.310 e. The van der Waals surface area contributed by atoms with Gasteiger partial charge in [0, 0.05) is 57.4 Å². The molecule has 1 nitrogen and oxygen atoms in total. The van der Waals surface area contributed by atoms with E-state index >= 15 is 0 Å². The zero-order chi connectivity index (χ0) is 34.6. The van der Waals surface area contributed by atoms with Gasteiger partial charge in [0.05, 0.1) is 0 Å². The summed E-state index contributed by atoms with van der Waals surface area (Å²) in [6.45, 7) is 2.18. The molecule has 0 aliphatic carbocycles. The van der Waals surface area contributed by atoms with Gasteiger partial charge >= 0.3 is 0 Å². The Morgan fingerprint density at radius 3 is 1.79 bits per heavy atom. The topological polar surface area (TPSA) is 3.24 Å². The first-order valence-electron chi connectivity index (χ1n) is 17.7. The molecule has 0 fully saturated rings. The van der Waals surface area contributed by atoms with Crippen molar-refractivity contribution < 1.29 is 0 Å². The summed E-state index contributed by atoms with van der Waals surface area (Å²) in [7, 11) is 0. The number of aryl methyl sites for hydroxylation is 1. The van der Waals surface area contributed by atoms with E-state index in [4.69, 9.17) is 0 Å². The molecule has 8 aromatic carbocycles. The van der Waals surface area contributed by atoms with Crippen molar-refractivity contribution in [2.75, 3.05) is 4.90 Å². The maximum Gasteiger partial charge on any atom is 0.0467 e. The summed E-state index contributed by atoms with van der Waals surface area (Å²) in [5.41, 5.74) is 12.0. The van der Waals surface area contributed by atoms with E-state index in [0.29, 0.717) is 0 Å². The molecule has 52 heavy (non-hydrogen) atoms. The highest BCUT2D eigenvalue weighted by atomic mass is 32.1. The largest absolute Gasteiger partial charge is 0.310 e. The highest BCUT2D eigenvalue weighted by Gasteiger charge is 2.18. The summed E-state index contributed by atoms with van der Waals surface area (Å²) in [5.74, 6) is 0. The van der Waals surface area contributed by atoms with Crippen LogP contribution in [0.25, 0.3) is 73.7 Å². The van der Waals surface area contributed by atoms with Crippen molar-refractivity contribution in [3.05, 3.63) is 188 Å². The van der Waals surface area contributed by atoms with Crippen molar-refractivity contribution in [1.29, 1.82) is 0 Å². The summed E-state index contributed by atoms with van der Waals surface area (Å²) >= 11 is 3.82. The van der Waals surface area contributed by atoms with Crippen LogP contribution in [0.2, 0.25) is 0 Å². The Hall–Kier alpha value is -6.00. The second-order valence-corrected chi connectivity index (χ2v) is 15.5. The van der Waals surface area contributed by atoms with Crippen molar-refractivity contribution in [2.45, 2.75) is 6.92 Å². The third kappa shape index (κ3) is 5.21. The van der Waals surface area contributed by atoms with Crippen LogP contribution in [-0.2, 0) is 0 Å². The van der Waals surface area contributed by atoms with E-state index in [0.717, 1.165) is 17.1 Å². The maximum atomic E-state index is 2.37. The molecule has 246 valence electrons. The first-order valence-corrected chi connectivity index (χ1v) is 19.3. The lowest BCUT2D eigenvalue weighted by molar-refractivity contribution is 1.28. The molecule has 0 bridgehead atoms. The van der Waals surface area contributed by atoms with Gasteiger partial charge in [0.1, 0.15) is 0 Å². The Bertz CT molecular complexity index is 2900. The van der Waals surface area contributed by atoms with Crippen LogP contribution in [0.4, 0.5) is 17.1 Å². The molecule has 2 aromatic heterocycles. The maximum absolute atomic E-state index is 2.37. The first kappa shape index (κ1) is 30.8. The molecule has 0 radical (unpaired) electrons. The molecule has 10 aromatic rings. The van der Waals surface area contributed by atoms with Gasteiger partial charge in [-0.2, -0.15) is 0 Å². The van der Waals surface area contributed by atoms with Crippen molar-refractivity contribution in [2.24, 2.45) is 0 Å². The first-order chi connectivity index (χ1) is 25.7. The Kier molecular flexibility index (Phi) is 7.49. The molecule has 0 aliphatic rings. The van der Waals surface area contributed by atoms with Gasteiger partial charge in [-0.1, -0.05) is 133 Å². The van der Waals surface area contributed by atoms with Crippen LogP contribution >= 0.6 is 22.7 Å². The van der Waals surface area contributed by atoms with E-state index in [1.54, 1.807) is 0 Å². The van der Waals surface area contributed by atoms with Crippen molar-refractivity contribution in [3.8, 4) is 33.4 Å². The lowest BCUT2D eigenvalue weighted by Gasteiger charge is -2.26. The SMILES string of the molecule is Cc1ccccc1-c1cccc(N(c2ccc(-c3ccccc3)cc2)c2ccc(-c3cccc4c3sc3ccc5c6ccccc6sc5c34)cc2)c1. The third-order valence-corrected chi connectivity index (χ3v) is 12.6. The van der Waals surface area contributed by atoms with Gasteiger partial charge in [0.2, 0.25) is 0 Å². The number of hydrogen-bond acceptors (Lipinski definition) is 3. The predicted molar refractivity (Wildman–Crippen MR) is 228 cm³/mol. The van der Waals surface area contributed by atoms with Crippen molar-refractivity contribution in [1.82, 2.24) is 0 Å². The molecule has 3 heteroatoms. The average Bonchev–Trinajstić information content (AvgIpc) is 3.78. The Morgan fingerprint density at radius 1 is 0.365 bits per heavy atom. The Labute approximate surface area is 311 Å². The molecule has 0 N–H and O–H groups in total. The van der Waals surface area contributed by atoms with Gasteiger partial charge in [-0.25, -0.2) is 0 Å². The van der Waals surface area contributed by atoms with Crippen molar-refractivity contribution >= 4 is 80.1 Å². The summed E-state index contributed by atoms with van der Waals surface area (Å²) in [5, 5.41) is 5.42. The molecule has 0 atom stereocenters. The van der Waals surface area contributed by atoms with Gasteiger partial charge in [0.25, 0.3) is 0 Å². The van der Waals surface area contributed by atoms with E-state index in [1.807, 2.05) is 22.7 Å². The zero-order valence-electron chi connectivity index (χ0n) is 28.6. The minimum absolute atomic E-state index is 1.12. The van der Waals surface area contributed by atoms with Crippen molar-refractivity contribution in [3.63, 3.8) is 0 Å². The molecule has 0 saturated heterocycles. The molecular formula is C49H33NS2. The Balaban J connectivity index is 1.08. The summed E-state index contributed by atoms with van der Waals surface area (Å²) in [6.07, 6.45) is 0. The summed E-state index contributed by atoms with van der Waals surface area (Å²) in [4.78, 5) is 2.37. The van der Waals surface area contributed by atoms with E-state index in [2.05, 4.69) is 194 Å². The summed E-state index contributed by atoms with van der Waals surface area (Å²) < 4.78 is 5.42. The van der Waals surface area contributed by atoms with Crippen LogP contribution in [0, 0.1) is 6.92 Å². The van der Waals surface area contributed by atoms with Gasteiger partial charge in [-0.3, -0.25) is 0 Å². The normalized spacial score (nSPS) is 11.6. The van der Waals surface area contributed by atoms with E-state index in [9.17, 15) is 0 Å². The summed E-state index contributed by atoms with van der Waals surface area (Å²) in [6, 6.07) is 66.4. The van der Waals surface area contributed by atoms with Crippen LogP contribution in [0.15, 0.2) is 182 Å². The molecule has 0 unspecified atom stereocenters. The number of nitrogens with zero attached hydrogens (tertiary/aromatic N) is 1. The van der Waals surface area contributed by atoms with Crippen LogP contribution in [0.1, 0.15) is 5.56 Å². The van der Waals surface area contributed by atoms with Gasteiger partial charge < -0.3 is 4.90 Å². The monoisotopic (exact) mass is 699 g/mol. The van der Waals surface area contributed by atoms with E-state index in [1.165, 1.54) is 79.3 Å². The smallest absolute Gasteiger partial charge is 0.0467 e.